The van der Waals surface area contributed by atoms with Crippen molar-refractivity contribution in [1.29, 1.82) is 0 Å². The molecule has 0 bridgehead atoms. The molecule has 0 fully saturated rings. The van der Waals surface area contributed by atoms with Crippen LogP contribution in [0.3, 0.4) is 0 Å². The molecule has 1 aromatic heterocycles. The monoisotopic (exact) mass is 467 g/mol. The summed E-state index contributed by atoms with van der Waals surface area (Å²) in [7, 11) is -3.75. The highest BCUT2D eigenvalue weighted by atomic mass is 32.2. The topological polar surface area (TPSA) is 97.4 Å². The zero-order chi connectivity index (χ0) is 22.6. The van der Waals surface area contributed by atoms with E-state index in [0.717, 1.165) is 10.8 Å². The number of sulfonamides is 1. The Labute approximate surface area is 190 Å². The van der Waals surface area contributed by atoms with Gasteiger partial charge in [-0.15, -0.1) is 11.3 Å². The van der Waals surface area contributed by atoms with Gasteiger partial charge in [0.1, 0.15) is 5.75 Å². The predicted octanol–water partition coefficient (Wildman–Crippen LogP) is 4.89. The molecule has 1 heterocycles. The van der Waals surface area contributed by atoms with Crippen LogP contribution in [-0.2, 0) is 14.8 Å². The van der Waals surface area contributed by atoms with Crippen molar-refractivity contribution < 1.29 is 17.9 Å². The molecule has 32 heavy (non-hydrogen) atoms. The SMILES string of the molecule is CC[C@@H](Oc1cccc2ccccc12)C(=O)Nc1ccc(S(=O)(=O)Nc2nccs2)cc1. The number of rotatable bonds is 8. The average molecular weight is 468 g/mol. The van der Waals surface area contributed by atoms with Crippen molar-refractivity contribution >= 4 is 48.9 Å². The van der Waals surface area contributed by atoms with Gasteiger partial charge in [0.05, 0.1) is 4.90 Å². The summed E-state index contributed by atoms with van der Waals surface area (Å²) in [4.78, 5) is 16.8. The summed E-state index contributed by atoms with van der Waals surface area (Å²) < 4.78 is 33.3. The van der Waals surface area contributed by atoms with E-state index in [1.165, 1.54) is 29.7 Å². The van der Waals surface area contributed by atoms with E-state index in [1.54, 1.807) is 17.5 Å². The predicted molar refractivity (Wildman–Crippen MR) is 127 cm³/mol. The maximum absolute atomic E-state index is 12.8. The van der Waals surface area contributed by atoms with Gasteiger partial charge >= 0.3 is 0 Å². The summed E-state index contributed by atoms with van der Waals surface area (Å²) >= 11 is 1.19. The Kier molecular flexibility index (Phi) is 6.38. The highest BCUT2D eigenvalue weighted by Gasteiger charge is 2.20. The first-order valence-electron chi connectivity index (χ1n) is 9.94. The maximum atomic E-state index is 12.8. The van der Waals surface area contributed by atoms with Crippen molar-refractivity contribution in [2.75, 3.05) is 10.0 Å². The molecule has 0 saturated carbocycles. The van der Waals surface area contributed by atoms with Crippen molar-refractivity contribution in [3.63, 3.8) is 0 Å². The highest BCUT2D eigenvalue weighted by molar-refractivity contribution is 7.93. The number of thiazole rings is 1. The Morgan fingerprint density at radius 3 is 2.53 bits per heavy atom. The number of nitrogens with one attached hydrogen (secondary N) is 2. The molecule has 0 unspecified atom stereocenters. The molecule has 0 spiro atoms. The van der Waals surface area contributed by atoms with E-state index >= 15 is 0 Å². The largest absolute Gasteiger partial charge is 0.480 e. The molecular weight excluding hydrogens is 446 g/mol. The van der Waals surface area contributed by atoms with Gasteiger partial charge in [0.25, 0.3) is 15.9 Å². The number of hydrogen-bond acceptors (Lipinski definition) is 6. The number of hydrogen-bond donors (Lipinski definition) is 2. The number of fused-ring (bicyclic) bond motifs is 1. The molecule has 1 amide bonds. The van der Waals surface area contributed by atoms with Crippen LogP contribution in [0.2, 0.25) is 0 Å². The van der Waals surface area contributed by atoms with Crippen LogP contribution in [0, 0.1) is 0 Å². The lowest BCUT2D eigenvalue weighted by Crippen LogP contribution is -2.32. The van der Waals surface area contributed by atoms with Gasteiger partial charge in [-0.1, -0.05) is 43.3 Å². The third kappa shape index (κ3) is 4.90. The van der Waals surface area contributed by atoms with Crippen LogP contribution in [-0.4, -0.2) is 25.4 Å². The van der Waals surface area contributed by atoms with Crippen LogP contribution >= 0.6 is 11.3 Å². The van der Waals surface area contributed by atoms with Gasteiger partial charge in [0, 0.05) is 22.7 Å². The molecule has 1 atom stereocenters. The second-order valence-electron chi connectivity index (χ2n) is 6.95. The van der Waals surface area contributed by atoms with Crippen LogP contribution in [0.25, 0.3) is 10.8 Å². The molecule has 0 aliphatic carbocycles. The van der Waals surface area contributed by atoms with E-state index in [-0.39, 0.29) is 10.8 Å². The fourth-order valence-electron chi connectivity index (χ4n) is 3.16. The van der Waals surface area contributed by atoms with E-state index in [1.807, 2.05) is 49.4 Å². The van der Waals surface area contributed by atoms with Crippen LogP contribution in [0.1, 0.15) is 13.3 Å². The van der Waals surface area contributed by atoms with Crippen LogP contribution < -0.4 is 14.8 Å². The lowest BCUT2D eigenvalue weighted by atomic mass is 10.1. The zero-order valence-electron chi connectivity index (χ0n) is 17.2. The normalized spacial score (nSPS) is 12.3. The molecule has 4 aromatic rings. The summed E-state index contributed by atoms with van der Waals surface area (Å²) in [5.41, 5.74) is 0.475. The molecule has 0 saturated heterocycles. The van der Waals surface area contributed by atoms with Crippen molar-refractivity contribution in [3.8, 4) is 5.75 Å². The molecule has 0 aliphatic heterocycles. The number of amides is 1. The molecule has 0 radical (unpaired) electrons. The fourth-order valence-corrected chi connectivity index (χ4v) is 4.95. The highest BCUT2D eigenvalue weighted by Crippen LogP contribution is 2.27. The molecule has 4 rings (SSSR count). The average Bonchev–Trinajstić information content (AvgIpc) is 3.30. The Morgan fingerprint density at radius 1 is 1.06 bits per heavy atom. The molecule has 3 aromatic carbocycles. The van der Waals surface area contributed by atoms with Gasteiger partial charge in [-0.05, 0) is 42.1 Å². The molecule has 7 nitrogen and oxygen atoms in total. The first kappa shape index (κ1) is 21.8. The second-order valence-corrected chi connectivity index (χ2v) is 9.53. The van der Waals surface area contributed by atoms with Crippen molar-refractivity contribution in [3.05, 3.63) is 78.3 Å². The fraction of sp³-hybridized carbons (Fsp3) is 0.130. The number of carbonyl (C=O) groups excluding carboxylic acids is 1. The third-order valence-corrected chi connectivity index (χ3v) is 6.94. The van der Waals surface area contributed by atoms with E-state index in [0.29, 0.717) is 23.0 Å². The summed E-state index contributed by atoms with van der Waals surface area (Å²) in [6.07, 6.45) is 1.29. The first-order chi connectivity index (χ1) is 15.5. The van der Waals surface area contributed by atoms with Gasteiger partial charge in [0.2, 0.25) is 0 Å². The lowest BCUT2D eigenvalue weighted by molar-refractivity contribution is -0.122. The number of benzene rings is 3. The quantitative estimate of drug-likeness (QED) is 0.384. The second kappa shape index (κ2) is 9.37. The van der Waals surface area contributed by atoms with Crippen molar-refractivity contribution in [1.82, 2.24) is 4.98 Å². The van der Waals surface area contributed by atoms with Gasteiger partial charge in [-0.25, -0.2) is 13.4 Å². The number of aromatic nitrogens is 1. The summed E-state index contributed by atoms with van der Waals surface area (Å²) in [5.74, 6) is 0.330. The van der Waals surface area contributed by atoms with E-state index in [4.69, 9.17) is 4.74 Å². The smallest absolute Gasteiger partial charge is 0.265 e. The molecule has 164 valence electrons. The summed E-state index contributed by atoms with van der Waals surface area (Å²) in [5, 5.41) is 6.73. The molecule has 0 aliphatic rings. The molecular formula is C23H21N3O4S2. The first-order valence-corrected chi connectivity index (χ1v) is 12.3. The van der Waals surface area contributed by atoms with Gasteiger partial charge < -0.3 is 10.1 Å². The minimum absolute atomic E-state index is 0.0738. The molecule has 2 N–H and O–H groups in total. The number of anilines is 2. The Balaban J connectivity index is 1.45. The van der Waals surface area contributed by atoms with E-state index < -0.39 is 16.1 Å². The Hall–Kier alpha value is -3.43. The minimum atomic E-state index is -3.75. The van der Waals surface area contributed by atoms with Crippen LogP contribution in [0.4, 0.5) is 10.8 Å². The number of nitrogens with zero attached hydrogens (tertiary/aromatic N) is 1. The summed E-state index contributed by atoms with van der Waals surface area (Å²) in [6.45, 7) is 1.87. The third-order valence-electron chi connectivity index (χ3n) is 4.77. The van der Waals surface area contributed by atoms with Crippen molar-refractivity contribution in [2.45, 2.75) is 24.3 Å². The number of ether oxygens (including phenoxy) is 1. The Bertz CT molecular complexity index is 1320. The van der Waals surface area contributed by atoms with Crippen LogP contribution in [0.15, 0.2) is 83.2 Å². The van der Waals surface area contributed by atoms with Crippen molar-refractivity contribution in [2.24, 2.45) is 0 Å². The Morgan fingerprint density at radius 2 is 1.81 bits per heavy atom. The lowest BCUT2D eigenvalue weighted by Gasteiger charge is -2.18. The van der Waals surface area contributed by atoms with E-state index in [9.17, 15) is 13.2 Å². The van der Waals surface area contributed by atoms with E-state index in [2.05, 4.69) is 15.0 Å². The standard InChI is InChI=1S/C23H21N3O4S2/c1-2-20(30-21-9-5-7-16-6-3-4-8-19(16)21)22(27)25-17-10-12-18(13-11-17)32(28,29)26-23-24-14-15-31-23/h3-15,20H,2H2,1H3,(H,24,26)(H,25,27)/t20-/m1/s1. The number of carbonyl (C=O) groups is 1. The van der Waals surface area contributed by atoms with Crippen LogP contribution in [0.5, 0.6) is 5.75 Å². The summed E-state index contributed by atoms with van der Waals surface area (Å²) in [6, 6.07) is 19.5. The van der Waals surface area contributed by atoms with Gasteiger partial charge in [-0.3, -0.25) is 9.52 Å². The maximum Gasteiger partial charge on any atom is 0.265 e. The van der Waals surface area contributed by atoms with Gasteiger partial charge in [-0.2, -0.15) is 0 Å². The molecule has 9 heteroatoms. The van der Waals surface area contributed by atoms with Gasteiger partial charge in [0.15, 0.2) is 11.2 Å². The zero-order valence-corrected chi connectivity index (χ0v) is 18.8. The minimum Gasteiger partial charge on any atom is -0.480 e.